The van der Waals surface area contributed by atoms with Gasteiger partial charge in [-0.1, -0.05) is 31.4 Å². The molecule has 1 atom stereocenters. The van der Waals surface area contributed by atoms with Gasteiger partial charge in [0.05, 0.1) is 5.56 Å². The number of hydrogen-bond donors (Lipinski definition) is 2. The number of benzene rings is 1. The number of pyridine rings is 1. The van der Waals surface area contributed by atoms with E-state index in [1.807, 2.05) is 18.2 Å². The molecule has 27 heavy (non-hydrogen) atoms. The number of nitrogens with zero attached hydrogens (tertiary/aromatic N) is 1. The van der Waals surface area contributed by atoms with Crippen LogP contribution in [0, 0.1) is 0 Å². The molecule has 7 heteroatoms. The number of carbonyl (C=O) groups excluding carboxylic acids is 2. The first-order chi connectivity index (χ1) is 13.0. The van der Waals surface area contributed by atoms with Crippen LogP contribution in [0.5, 0.6) is 0 Å². The van der Waals surface area contributed by atoms with Crippen LogP contribution < -0.4 is 11.1 Å². The highest BCUT2D eigenvalue weighted by molar-refractivity contribution is 7.84. The van der Waals surface area contributed by atoms with Crippen molar-refractivity contribution >= 4 is 28.3 Å². The average Bonchev–Trinajstić information content (AvgIpc) is 2.69. The Morgan fingerprint density at radius 2 is 1.93 bits per heavy atom. The van der Waals surface area contributed by atoms with E-state index < -0.39 is 16.7 Å². The zero-order valence-corrected chi connectivity index (χ0v) is 15.8. The Morgan fingerprint density at radius 3 is 2.59 bits per heavy atom. The molecular formula is C20H23N3O3S. The van der Waals surface area contributed by atoms with Gasteiger partial charge in [0.15, 0.2) is 0 Å². The van der Waals surface area contributed by atoms with E-state index in [2.05, 4.69) is 10.3 Å². The standard InChI is InChI=1S/C20H23N3O3S/c21-19(24)15-9-10-18(22-12-15)20(25)23-16-6-4-5-14(11-16)13-27(26)17-7-2-1-3-8-17/h4-6,9-12,17H,1-3,7-8,13H2,(H2,21,24)(H,23,25). The summed E-state index contributed by atoms with van der Waals surface area (Å²) < 4.78 is 12.6. The fraction of sp³-hybridized carbons (Fsp3) is 0.350. The predicted molar refractivity (Wildman–Crippen MR) is 106 cm³/mol. The van der Waals surface area contributed by atoms with Crippen LogP contribution >= 0.6 is 0 Å². The Hall–Kier alpha value is -2.54. The Kier molecular flexibility index (Phi) is 6.34. The van der Waals surface area contributed by atoms with Gasteiger partial charge < -0.3 is 11.1 Å². The normalized spacial score (nSPS) is 15.9. The lowest BCUT2D eigenvalue weighted by molar-refractivity contribution is 0.0993. The number of primary amides is 1. The van der Waals surface area contributed by atoms with E-state index in [9.17, 15) is 13.8 Å². The molecular weight excluding hydrogens is 362 g/mol. The highest BCUT2D eigenvalue weighted by Gasteiger charge is 2.20. The first-order valence-electron chi connectivity index (χ1n) is 9.06. The molecule has 2 amide bonds. The van der Waals surface area contributed by atoms with Crippen molar-refractivity contribution in [3.05, 3.63) is 59.4 Å². The van der Waals surface area contributed by atoms with Gasteiger partial charge in [-0.2, -0.15) is 0 Å². The van der Waals surface area contributed by atoms with Gasteiger partial charge in [0.1, 0.15) is 5.69 Å². The maximum Gasteiger partial charge on any atom is 0.274 e. The molecule has 1 aromatic carbocycles. The Bertz CT molecular complexity index is 846. The number of anilines is 1. The van der Waals surface area contributed by atoms with Crippen molar-refractivity contribution < 1.29 is 13.8 Å². The Labute approximate surface area is 161 Å². The molecule has 0 bridgehead atoms. The van der Waals surface area contributed by atoms with E-state index >= 15 is 0 Å². The number of nitrogens with two attached hydrogens (primary N) is 1. The van der Waals surface area contributed by atoms with Crippen LogP contribution in [-0.4, -0.2) is 26.3 Å². The first kappa shape index (κ1) is 19.2. The van der Waals surface area contributed by atoms with E-state index in [-0.39, 0.29) is 22.4 Å². The van der Waals surface area contributed by atoms with Crippen LogP contribution in [0.15, 0.2) is 42.6 Å². The largest absolute Gasteiger partial charge is 0.366 e. The molecule has 1 aromatic heterocycles. The number of amides is 2. The zero-order valence-electron chi connectivity index (χ0n) is 15.0. The third-order valence-corrected chi connectivity index (χ3v) is 6.53. The second-order valence-electron chi connectivity index (χ2n) is 6.74. The molecule has 142 valence electrons. The SMILES string of the molecule is NC(=O)c1ccc(C(=O)Nc2cccc(CS(=O)C3CCCCC3)c2)nc1. The summed E-state index contributed by atoms with van der Waals surface area (Å²) in [4.78, 5) is 27.4. The highest BCUT2D eigenvalue weighted by atomic mass is 32.2. The minimum absolute atomic E-state index is 0.191. The second-order valence-corrected chi connectivity index (χ2v) is 8.45. The summed E-state index contributed by atoms with van der Waals surface area (Å²) >= 11 is 0. The molecule has 1 fully saturated rings. The van der Waals surface area contributed by atoms with Crippen LogP contribution in [0.2, 0.25) is 0 Å². The molecule has 1 aliphatic rings. The first-order valence-corrected chi connectivity index (χ1v) is 10.4. The van der Waals surface area contributed by atoms with Crippen LogP contribution in [0.3, 0.4) is 0 Å². The van der Waals surface area contributed by atoms with Gasteiger partial charge in [-0.05, 0) is 42.7 Å². The number of hydrogen-bond acceptors (Lipinski definition) is 4. The van der Waals surface area contributed by atoms with Crippen molar-refractivity contribution in [2.75, 3.05) is 5.32 Å². The zero-order chi connectivity index (χ0) is 19.2. The summed E-state index contributed by atoms with van der Waals surface area (Å²) in [6, 6.07) is 10.3. The Morgan fingerprint density at radius 1 is 1.15 bits per heavy atom. The quantitative estimate of drug-likeness (QED) is 0.798. The van der Waals surface area contributed by atoms with Crippen molar-refractivity contribution in [2.45, 2.75) is 43.1 Å². The van der Waals surface area contributed by atoms with Crippen molar-refractivity contribution in [1.29, 1.82) is 0 Å². The smallest absolute Gasteiger partial charge is 0.274 e. The van der Waals surface area contributed by atoms with Crippen molar-refractivity contribution in [3.8, 4) is 0 Å². The van der Waals surface area contributed by atoms with E-state index in [1.54, 1.807) is 6.07 Å². The Balaban J connectivity index is 1.63. The van der Waals surface area contributed by atoms with E-state index in [0.29, 0.717) is 11.4 Å². The lowest BCUT2D eigenvalue weighted by Crippen LogP contribution is -2.20. The molecule has 3 N–H and O–H groups in total. The lowest BCUT2D eigenvalue weighted by Gasteiger charge is -2.21. The van der Waals surface area contributed by atoms with Crippen LogP contribution in [-0.2, 0) is 16.6 Å². The van der Waals surface area contributed by atoms with E-state index in [0.717, 1.165) is 31.2 Å². The maximum atomic E-state index is 12.6. The van der Waals surface area contributed by atoms with Gasteiger partial charge in [0.2, 0.25) is 5.91 Å². The third-order valence-electron chi connectivity index (χ3n) is 4.70. The summed E-state index contributed by atoms with van der Waals surface area (Å²) in [7, 11) is -0.890. The number of nitrogens with one attached hydrogen (secondary N) is 1. The average molecular weight is 385 g/mol. The summed E-state index contributed by atoms with van der Waals surface area (Å²) in [6.07, 6.45) is 6.92. The molecule has 2 aromatic rings. The van der Waals surface area contributed by atoms with Gasteiger partial charge in [0, 0.05) is 33.7 Å². The molecule has 1 saturated carbocycles. The second kappa shape index (κ2) is 8.90. The number of carbonyl (C=O) groups is 2. The van der Waals surface area contributed by atoms with Gasteiger partial charge in [0.25, 0.3) is 5.91 Å². The molecule has 1 heterocycles. The van der Waals surface area contributed by atoms with Crippen LogP contribution in [0.4, 0.5) is 5.69 Å². The molecule has 6 nitrogen and oxygen atoms in total. The molecule has 0 saturated heterocycles. The summed E-state index contributed by atoms with van der Waals surface area (Å²) in [5.74, 6) is -0.468. The molecule has 1 unspecified atom stereocenters. The van der Waals surface area contributed by atoms with Crippen LogP contribution in [0.25, 0.3) is 0 Å². The minimum atomic E-state index is -0.890. The molecule has 0 radical (unpaired) electrons. The highest BCUT2D eigenvalue weighted by Crippen LogP contribution is 2.24. The van der Waals surface area contributed by atoms with Crippen molar-refractivity contribution in [2.24, 2.45) is 5.73 Å². The molecule has 1 aliphatic carbocycles. The van der Waals surface area contributed by atoms with Gasteiger partial charge in [-0.3, -0.25) is 18.8 Å². The fourth-order valence-corrected chi connectivity index (χ4v) is 4.82. The topological polar surface area (TPSA) is 102 Å². The van der Waals surface area contributed by atoms with Crippen molar-refractivity contribution in [3.63, 3.8) is 0 Å². The number of rotatable bonds is 6. The summed E-state index contributed by atoms with van der Waals surface area (Å²) in [6.45, 7) is 0. The third kappa shape index (κ3) is 5.23. The van der Waals surface area contributed by atoms with Gasteiger partial charge >= 0.3 is 0 Å². The van der Waals surface area contributed by atoms with Gasteiger partial charge in [-0.25, -0.2) is 0 Å². The molecule has 3 rings (SSSR count). The fourth-order valence-electron chi connectivity index (χ4n) is 3.22. The monoisotopic (exact) mass is 385 g/mol. The van der Waals surface area contributed by atoms with E-state index in [1.165, 1.54) is 24.8 Å². The molecule has 0 aliphatic heterocycles. The summed E-state index contributed by atoms with van der Waals surface area (Å²) in [5, 5.41) is 3.07. The maximum absolute atomic E-state index is 12.6. The van der Waals surface area contributed by atoms with Crippen molar-refractivity contribution in [1.82, 2.24) is 4.98 Å². The lowest BCUT2D eigenvalue weighted by atomic mass is 10.0. The summed E-state index contributed by atoms with van der Waals surface area (Å²) in [5.41, 5.74) is 7.17. The van der Waals surface area contributed by atoms with Gasteiger partial charge in [-0.15, -0.1) is 0 Å². The number of aromatic nitrogens is 1. The van der Waals surface area contributed by atoms with E-state index in [4.69, 9.17) is 5.73 Å². The minimum Gasteiger partial charge on any atom is -0.366 e. The van der Waals surface area contributed by atoms with Crippen LogP contribution in [0.1, 0.15) is 58.5 Å². The predicted octanol–water partition coefficient (Wildman–Crippen LogP) is 3.01. The molecule has 0 spiro atoms.